The van der Waals surface area contributed by atoms with Crippen LogP contribution in [0, 0.1) is 23.2 Å². The highest BCUT2D eigenvalue weighted by atomic mass is 32.1. The van der Waals surface area contributed by atoms with Gasteiger partial charge in [0.2, 0.25) is 11.8 Å². The number of para-hydroxylation sites is 2. The van der Waals surface area contributed by atoms with Gasteiger partial charge < -0.3 is 20.4 Å². The average Bonchev–Trinajstić information content (AvgIpc) is 2.77. The number of nitrogens with one attached hydrogen (secondary N) is 2. The highest BCUT2D eigenvalue weighted by Crippen LogP contribution is 2.61. The Kier molecular flexibility index (Phi) is 6.34. The number of thiocarbonyl (C=S) groups is 1. The summed E-state index contributed by atoms with van der Waals surface area (Å²) in [6, 6.07) is 8.05. The lowest BCUT2D eigenvalue weighted by Crippen LogP contribution is -2.49. The number of rotatable bonds is 5. The van der Waals surface area contributed by atoms with Crippen molar-refractivity contribution in [2.75, 3.05) is 36.4 Å². The van der Waals surface area contributed by atoms with Crippen LogP contribution >= 0.6 is 12.2 Å². The molecule has 6 nitrogen and oxygen atoms in total. The molecule has 4 aliphatic carbocycles. The van der Waals surface area contributed by atoms with Gasteiger partial charge in [0.05, 0.1) is 11.4 Å². The van der Waals surface area contributed by atoms with E-state index in [4.69, 9.17) is 12.2 Å². The Morgan fingerprint density at radius 3 is 2.21 bits per heavy atom. The molecule has 5 aliphatic rings. The van der Waals surface area contributed by atoms with Crippen molar-refractivity contribution in [2.24, 2.45) is 23.2 Å². The van der Waals surface area contributed by atoms with Gasteiger partial charge in [-0.05, 0) is 86.0 Å². The predicted molar refractivity (Wildman–Crippen MR) is 135 cm³/mol. The van der Waals surface area contributed by atoms with Crippen molar-refractivity contribution in [3.63, 3.8) is 0 Å². The molecule has 0 spiro atoms. The van der Waals surface area contributed by atoms with E-state index in [1.54, 1.807) is 0 Å². The van der Waals surface area contributed by atoms with Gasteiger partial charge in [0.15, 0.2) is 5.11 Å². The van der Waals surface area contributed by atoms with Crippen molar-refractivity contribution in [3.8, 4) is 0 Å². The van der Waals surface area contributed by atoms with Crippen LogP contribution in [-0.2, 0) is 9.59 Å². The van der Waals surface area contributed by atoms with Crippen molar-refractivity contribution in [3.05, 3.63) is 24.3 Å². The summed E-state index contributed by atoms with van der Waals surface area (Å²) in [4.78, 5) is 29.2. The minimum atomic E-state index is 0.0543. The number of carbonyl (C=O) groups is 2. The van der Waals surface area contributed by atoms with Gasteiger partial charge in [-0.25, -0.2) is 0 Å². The number of piperazine rings is 1. The number of benzene rings is 1. The SMILES string of the molecule is CCC(=O)N1CCN(c2ccccc2NC(=S)NC(=O)CC23CC4CC(CC(C4)C2)C3)CC1. The third-order valence-corrected chi connectivity index (χ3v) is 8.59. The number of carbonyl (C=O) groups excluding carboxylic acids is 2. The lowest BCUT2D eigenvalue weighted by atomic mass is 9.49. The van der Waals surface area contributed by atoms with E-state index in [0.29, 0.717) is 18.0 Å². The first-order chi connectivity index (χ1) is 15.9. The molecule has 2 amide bonds. The zero-order valence-corrected chi connectivity index (χ0v) is 20.5. The number of hydrogen-bond donors (Lipinski definition) is 2. The molecule has 0 atom stereocenters. The largest absolute Gasteiger partial charge is 0.366 e. The van der Waals surface area contributed by atoms with E-state index >= 15 is 0 Å². The fourth-order valence-electron chi connectivity index (χ4n) is 7.45. The molecule has 1 aromatic carbocycles. The molecule has 6 rings (SSSR count). The molecule has 1 heterocycles. The summed E-state index contributed by atoms with van der Waals surface area (Å²) in [5.41, 5.74) is 2.16. The molecular formula is C26H36N4O2S. The molecule has 5 fully saturated rings. The molecule has 2 N–H and O–H groups in total. The van der Waals surface area contributed by atoms with E-state index in [-0.39, 0.29) is 17.2 Å². The van der Waals surface area contributed by atoms with Gasteiger partial charge in [-0.15, -0.1) is 0 Å². The molecule has 178 valence electrons. The zero-order chi connectivity index (χ0) is 23.0. The van der Waals surface area contributed by atoms with E-state index < -0.39 is 0 Å². The summed E-state index contributed by atoms with van der Waals surface area (Å²) in [7, 11) is 0. The number of amides is 2. The molecule has 0 aromatic heterocycles. The second kappa shape index (κ2) is 9.24. The minimum Gasteiger partial charge on any atom is -0.366 e. The fraction of sp³-hybridized carbons (Fsp3) is 0.654. The van der Waals surface area contributed by atoms with E-state index in [1.807, 2.05) is 30.0 Å². The van der Waals surface area contributed by atoms with E-state index in [0.717, 1.165) is 55.3 Å². The molecule has 4 saturated carbocycles. The highest BCUT2D eigenvalue weighted by Gasteiger charge is 2.51. The normalized spacial score (nSPS) is 30.3. The first kappa shape index (κ1) is 22.6. The van der Waals surface area contributed by atoms with E-state index in [1.165, 1.54) is 38.5 Å². The lowest BCUT2D eigenvalue weighted by molar-refractivity contribution is -0.131. The highest BCUT2D eigenvalue weighted by molar-refractivity contribution is 7.80. The molecule has 0 radical (unpaired) electrons. The molecule has 1 aliphatic heterocycles. The van der Waals surface area contributed by atoms with Gasteiger partial charge in [-0.2, -0.15) is 0 Å². The van der Waals surface area contributed by atoms with Crippen LogP contribution in [0.2, 0.25) is 0 Å². The first-order valence-electron chi connectivity index (χ1n) is 12.7. The molecule has 0 unspecified atom stereocenters. The Morgan fingerprint density at radius 1 is 1.00 bits per heavy atom. The molecule has 1 saturated heterocycles. The van der Waals surface area contributed by atoms with Crippen molar-refractivity contribution < 1.29 is 9.59 Å². The molecule has 33 heavy (non-hydrogen) atoms. The maximum atomic E-state index is 13.0. The predicted octanol–water partition coefficient (Wildman–Crippen LogP) is 4.16. The Labute approximate surface area is 202 Å². The summed E-state index contributed by atoms with van der Waals surface area (Å²) in [5.74, 6) is 2.79. The summed E-state index contributed by atoms with van der Waals surface area (Å²) in [6.45, 7) is 4.94. The van der Waals surface area contributed by atoms with E-state index in [2.05, 4.69) is 21.6 Å². The third kappa shape index (κ3) is 4.88. The Hall–Kier alpha value is -2.15. The fourth-order valence-corrected chi connectivity index (χ4v) is 7.67. The van der Waals surface area contributed by atoms with Crippen molar-refractivity contribution in [1.82, 2.24) is 10.2 Å². The number of anilines is 2. The summed E-state index contributed by atoms with van der Waals surface area (Å²) in [6.07, 6.45) is 8.99. The lowest BCUT2D eigenvalue weighted by Gasteiger charge is -2.56. The van der Waals surface area contributed by atoms with Crippen molar-refractivity contribution in [1.29, 1.82) is 0 Å². The standard InChI is InChI=1S/C26H36N4O2S/c1-2-24(32)30-9-7-29(8-10-30)22-6-4-3-5-21(22)27-25(33)28-23(31)17-26-14-18-11-19(15-26)13-20(12-18)16-26/h3-6,18-20H,2,7-17H2,1H3,(H2,27,28,31,33). The van der Waals surface area contributed by atoms with Crippen LogP contribution in [0.4, 0.5) is 11.4 Å². The minimum absolute atomic E-state index is 0.0543. The number of nitrogens with zero attached hydrogens (tertiary/aromatic N) is 2. The first-order valence-corrected chi connectivity index (χ1v) is 13.1. The molecule has 4 bridgehead atoms. The quantitative estimate of drug-likeness (QED) is 0.635. The van der Waals surface area contributed by atoms with Crippen LogP contribution < -0.4 is 15.5 Å². The zero-order valence-electron chi connectivity index (χ0n) is 19.6. The topological polar surface area (TPSA) is 64.7 Å². The van der Waals surface area contributed by atoms with Crippen LogP contribution in [0.1, 0.15) is 58.3 Å². The monoisotopic (exact) mass is 468 g/mol. The van der Waals surface area contributed by atoms with Crippen LogP contribution in [0.3, 0.4) is 0 Å². The molecule has 1 aromatic rings. The van der Waals surface area contributed by atoms with Crippen LogP contribution in [0.5, 0.6) is 0 Å². The number of hydrogen-bond acceptors (Lipinski definition) is 4. The van der Waals surface area contributed by atoms with Crippen molar-refractivity contribution >= 4 is 40.5 Å². The van der Waals surface area contributed by atoms with E-state index in [9.17, 15) is 9.59 Å². The van der Waals surface area contributed by atoms with Gasteiger partial charge in [-0.1, -0.05) is 19.1 Å². The second-order valence-electron chi connectivity index (χ2n) is 10.8. The van der Waals surface area contributed by atoms with Gasteiger partial charge in [0.25, 0.3) is 0 Å². The Balaban J connectivity index is 1.17. The van der Waals surface area contributed by atoms with Crippen LogP contribution in [-0.4, -0.2) is 48.0 Å². The van der Waals surface area contributed by atoms with Gasteiger partial charge in [-0.3, -0.25) is 9.59 Å². The second-order valence-corrected chi connectivity index (χ2v) is 11.2. The molecular weight excluding hydrogens is 432 g/mol. The van der Waals surface area contributed by atoms with Gasteiger partial charge in [0.1, 0.15) is 0 Å². The summed E-state index contributed by atoms with van der Waals surface area (Å²) in [5, 5.41) is 6.61. The van der Waals surface area contributed by atoms with Gasteiger partial charge >= 0.3 is 0 Å². The van der Waals surface area contributed by atoms with Gasteiger partial charge in [0, 0.05) is 39.0 Å². The summed E-state index contributed by atoms with van der Waals surface area (Å²) >= 11 is 5.54. The van der Waals surface area contributed by atoms with Crippen LogP contribution in [0.25, 0.3) is 0 Å². The summed E-state index contributed by atoms with van der Waals surface area (Å²) < 4.78 is 0. The maximum absolute atomic E-state index is 13.0. The average molecular weight is 469 g/mol. The van der Waals surface area contributed by atoms with Crippen LogP contribution in [0.15, 0.2) is 24.3 Å². The van der Waals surface area contributed by atoms with Crippen molar-refractivity contribution in [2.45, 2.75) is 58.3 Å². The smallest absolute Gasteiger partial charge is 0.226 e. The third-order valence-electron chi connectivity index (χ3n) is 8.38. The Morgan fingerprint density at radius 2 is 1.61 bits per heavy atom. The molecule has 7 heteroatoms. The Bertz CT molecular complexity index is 889. The maximum Gasteiger partial charge on any atom is 0.226 e.